The van der Waals surface area contributed by atoms with Gasteiger partial charge in [0, 0.05) is 12.2 Å². The Kier molecular flexibility index (Phi) is 4.66. The lowest BCUT2D eigenvalue weighted by Gasteiger charge is -2.10. The summed E-state index contributed by atoms with van der Waals surface area (Å²) >= 11 is 0. The molecule has 0 aliphatic carbocycles. The van der Waals surface area contributed by atoms with Crippen LogP contribution in [0.5, 0.6) is 0 Å². The molecule has 1 saturated heterocycles. The van der Waals surface area contributed by atoms with Crippen molar-refractivity contribution in [1.29, 1.82) is 0 Å². The van der Waals surface area contributed by atoms with Crippen LogP contribution in [0.3, 0.4) is 0 Å². The highest BCUT2D eigenvalue weighted by atomic mass is 33.1. The molecule has 2 N–H and O–H groups in total. The quantitative estimate of drug-likeness (QED) is 0.522. The van der Waals surface area contributed by atoms with Gasteiger partial charge in [0.15, 0.2) is 0 Å². The molecular weight excluding hydrogens is 162 g/mol. The average molecular weight is 178 g/mol. The Morgan fingerprint density at radius 2 is 2.30 bits per heavy atom. The van der Waals surface area contributed by atoms with Crippen LogP contribution in [-0.4, -0.2) is 23.8 Å². The summed E-state index contributed by atoms with van der Waals surface area (Å²) in [5, 5.41) is 0. The first-order chi connectivity index (χ1) is 4.93. The summed E-state index contributed by atoms with van der Waals surface area (Å²) < 4.78 is 0. The van der Waals surface area contributed by atoms with Gasteiger partial charge in [0.25, 0.3) is 0 Å². The minimum atomic E-state index is 0.692. The SMILES string of the molecule is NCCC[S+]1CCCCS1. The predicted molar refractivity (Wildman–Crippen MR) is 52.5 cm³/mol. The zero-order valence-electron chi connectivity index (χ0n) is 6.34. The molecule has 1 atom stereocenters. The Morgan fingerprint density at radius 1 is 1.40 bits per heavy atom. The topological polar surface area (TPSA) is 26.0 Å². The van der Waals surface area contributed by atoms with Crippen LogP contribution in [-0.2, 0) is 9.93 Å². The molecule has 0 aromatic carbocycles. The smallest absolute Gasteiger partial charge is 0.121 e. The fraction of sp³-hybridized carbons (Fsp3) is 1.00. The van der Waals surface area contributed by atoms with Gasteiger partial charge in [-0.2, -0.15) is 0 Å². The summed E-state index contributed by atoms with van der Waals surface area (Å²) in [5.74, 6) is 4.24. The van der Waals surface area contributed by atoms with E-state index in [1.165, 1.54) is 36.5 Å². The van der Waals surface area contributed by atoms with E-state index < -0.39 is 0 Å². The Morgan fingerprint density at radius 3 is 2.90 bits per heavy atom. The highest BCUT2D eigenvalue weighted by molar-refractivity contribution is 8.74. The molecule has 0 bridgehead atoms. The lowest BCUT2D eigenvalue weighted by atomic mass is 10.4. The molecule has 1 nitrogen and oxygen atoms in total. The zero-order chi connectivity index (χ0) is 7.23. The molecule has 1 fully saturated rings. The third kappa shape index (κ3) is 3.17. The second-order valence-corrected chi connectivity index (χ2v) is 6.98. The molecule has 0 saturated carbocycles. The van der Waals surface area contributed by atoms with E-state index in [1.54, 1.807) is 0 Å². The van der Waals surface area contributed by atoms with Crippen molar-refractivity contribution in [2.24, 2.45) is 5.73 Å². The molecule has 1 aliphatic rings. The maximum atomic E-state index is 5.44. The van der Waals surface area contributed by atoms with Gasteiger partial charge in [0.2, 0.25) is 0 Å². The number of hydrogen-bond donors (Lipinski definition) is 1. The fourth-order valence-electron chi connectivity index (χ4n) is 1.01. The Labute approximate surface area is 69.9 Å². The van der Waals surface area contributed by atoms with Crippen LogP contribution < -0.4 is 5.73 Å². The van der Waals surface area contributed by atoms with Crippen molar-refractivity contribution in [2.75, 3.05) is 23.8 Å². The molecule has 0 spiro atoms. The van der Waals surface area contributed by atoms with E-state index in [-0.39, 0.29) is 0 Å². The van der Waals surface area contributed by atoms with E-state index >= 15 is 0 Å². The molecule has 60 valence electrons. The van der Waals surface area contributed by atoms with E-state index in [0.717, 1.165) is 6.54 Å². The first-order valence-corrected chi connectivity index (χ1v) is 7.01. The van der Waals surface area contributed by atoms with E-state index in [1.807, 2.05) is 0 Å². The van der Waals surface area contributed by atoms with Crippen LogP contribution in [0.1, 0.15) is 19.3 Å². The minimum absolute atomic E-state index is 0.692. The highest BCUT2D eigenvalue weighted by Gasteiger charge is 2.22. The first kappa shape index (κ1) is 8.75. The van der Waals surface area contributed by atoms with Gasteiger partial charge in [0.1, 0.15) is 11.5 Å². The Balaban J connectivity index is 2.02. The van der Waals surface area contributed by atoms with Gasteiger partial charge >= 0.3 is 0 Å². The maximum absolute atomic E-state index is 5.44. The van der Waals surface area contributed by atoms with Gasteiger partial charge in [0.05, 0.1) is 20.7 Å². The van der Waals surface area contributed by atoms with Crippen LogP contribution in [0.4, 0.5) is 0 Å². The third-order valence-electron chi connectivity index (χ3n) is 1.59. The molecule has 1 heterocycles. The van der Waals surface area contributed by atoms with Gasteiger partial charge in [-0.3, -0.25) is 0 Å². The van der Waals surface area contributed by atoms with Crippen molar-refractivity contribution < 1.29 is 0 Å². The lowest BCUT2D eigenvalue weighted by Crippen LogP contribution is -2.15. The van der Waals surface area contributed by atoms with Crippen molar-refractivity contribution in [3.63, 3.8) is 0 Å². The second-order valence-electron chi connectivity index (χ2n) is 2.52. The molecule has 3 heteroatoms. The normalized spacial score (nSPS) is 26.7. The Bertz CT molecular complexity index is 81.7. The van der Waals surface area contributed by atoms with Crippen LogP contribution >= 0.6 is 10.8 Å². The zero-order valence-corrected chi connectivity index (χ0v) is 7.98. The first-order valence-electron chi connectivity index (χ1n) is 3.94. The molecule has 1 unspecified atom stereocenters. The molecule has 1 rings (SSSR count). The second kappa shape index (κ2) is 5.33. The highest BCUT2D eigenvalue weighted by Crippen LogP contribution is 2.25. The van der Waals surface area contributed by atoms with Crippen molar-refractivity contribution in [3.05, 3.63) is 0 Å². The van der Waals surface area contributed by atoms with Crippen LogP contribution in [0.2, 0.25) is 0 Å². The fourth-order valence-corrected chi connectivity index (χ4v) is 5.49. The van der Waals surface area contributed by atoms with E-state index in [2.05, 4.69) is 10.8 Å². The van der Waals surface area contributed by atoms with Crippen LogP contribution in [0.15, 0.2) is 0 Å². The largest absolute Gasteiger partial charge is 0.330 e. The molecule has 0 radical (unpaired) electrons. The van der Waals surface area contributed by atoms with Gasteiger partial charge in [-0.15, -0.1) is 0 Å². The van der Waals surface area contributed by atoms with Gasteiger partial charge in [-0.1, -0.05) is 0 Å². The van der Waals surface area contributed by atoms with Crippen LogP contribution in [0, 0.1) is 0 Å². The summed E-state index contributed by atoms with van der Waals surface area (Å²) in [4.78, 5) is 0. The van der Waals surface area contributed by atoms with E-state index in [9.17, 15) is 0 Å². The van der Waals surface area contributed by atoms with Gasteiger partial charge in [-0.25, -0.2) is 0 Å². The Hall–Kier alpha value is 0.660. The number of hydrogen-bond acceptors (Lipinski definition) is 2. The van der Waals surface area contributed by atoms with Gasteiger partial charge in [-0.05, 0) is 19.4 Å². The summed E-state index contributed by atoms with van der Waals surface area (Å²) in [6, 6.07) is 0. The summed E-state index contributed by atoms with van der Waals surface area (Å²) in [5.41, 5.74) is 5.44. The summed E-state index contributed by atoms with van der Waals surface area (Å²) in [7, 11) is 2.87. The third-order valence-corrected chi connectivity index (χ3v) is 6.37. The van der Waals surface area contributed by atoms with Crippen molar-refractivity contribution >= 4 is 20.7 Å². The monoisotopic (exact) mass is 178 g/mol. The molecule has 10 heavy (non-hydrogen) atoms. The standard InChI is InChI=1S/C7H16NS2/c8-4-3-7-10-6-2-1-5-9-10/h1-8H2/q+1. The number of nitrogens with two attached hydrogens (primary N) is 1. The molecule has 0 aromatic rings. The van der Waals surface area contributed by atoms with Gasteiger partial charge < -0.3 is 5.73 Å². The minimum Gasteiger partial charge on any atom is -0.330 e. The molecule has 0 aromatic heterocycles. The average Bonchev–Trinajstić information content (AvgIpc) is 2.03. The van der Waals surface area contributed by atoms with Crippen molar-refractivity contribution in [2.45, 2.75) is 19.3 Å². The van der Waals surface area contributed by atoms with E-state index in [4.69, 9.17) is 5.73 Å². The predicted octanol–water partition coefficient (Wildman–Crippen LogP) is 1.40. The molecule has 0 amide bonds. The molecule has 1 aliphatic heterocycles. The molecular formula is C7H16NS2+. The lowest BCUT2D eigenvalue weighted by molar-refractivity contribution is 0.891. The summed E-state index contributed by atoms with van der Waals surface area (Å²) in [6.07, 6.45) is 4.13. The van der Waals surface area contributed by atoms with Crippen molar-refractivity contribution in [1.82, 2.24) is 0 Å². The van der Waals surface area contributed by atoms with Crippen LogP contribution in [0.25, 0.3) is 0 Å². The maximum Gasteiger partial charge on any atom is 0.121 e. The number of rotatable bonds is 3. The van der Waals surface area contributed by atoms with E-state index in [0.29, 0.717) is 9.93 Å². The summed E-state index contributed by atoms with van der Waals surface area (Å²) in [6.45, 7) is 0.879. The van der Waals surface area contributed by atoms with Crippen molar-refractivity contribution in [3.8, 4) is 0 Å².